The first-order valence-corrected chi connectivity index (χ1v) is 9.33. The maximum absolute atomic E-state index is 12.5. The van der Waals surface area contributed by atoms with Crippen molar-refractivity contribution in [3.63, 3.8) is 0 Å². The molecule has 0 radical (unpaired) electrons. The number of nitrogens with zero attached hydrogens (tertiary/aromatic N) is 2. The van der Waals surface area contributed by atoms with E-state index >= 15 is 0 Å². The molecule has 0 aliphatic heterocycles. The van der Waals surface area contributed by atoms with Crippen molar-refractivity contribution in [1.29, 1.82) is 0 Å². The monoisotopic (exact) mass is 408 g/mol. The van der Waals surface area contributed by atoms with Crippen LogP contribution >= 0.6 is 11.6 Å². The van der Waals surface area contributed by atoms with Crippen molar-refractivity contribution in [2.24, 2.45) is 10.2 Å². The van der Waals surface area contributed by atoms with Gasteiger partial charge in [-0.1, -0.05) is 35.4 Å². The van der Waals surface area contributed by atoms with Crippen LogP contribution < -0.4 is 15.4 Å². The van der Waals surface area contributed by atoms with E-state index in [9.17, 15) is 4.79 Å². The fourth-order valence-electron chi connectivity index (χ4n) is 2.61. The lowest BCUT2D eigenvalue weighted by atomic mass is 10.2. The number of azo groups is 1. The zero-order valence-electron chi connectivity index (χ0n) is 16.4. The summed E-state index contributed by atoms with van der Waals surface area (Å²) in [6, 6.07) is 17.8. The van der Waals surface area contributed by atoms with Gasteiger partial charge in [0.15, 0.2) is 0 Å². The molecule has 0 aliphatic carbocycles. The van der Waals surface area contributed by atoms with Crippen molar-refractivity contribution in [3.8, 4) is 5.75 Å². The van der Waals surface area contributed by atoms with Crippen molar-refractivity contribution < 1.29 is 9.53 Å². The molecule has 3 aromatic rings. The minimum atomic E-state index is -0.442. The van der Waals surface area contributed by atoms with Crippen molar-refractivity contribution in [3.05, 3.63) is 76.8 Å². The van der Waals surface area contributed by atoms with E-state index < -0.39 is 6.03 Å². The second-order valence-corrected chi connectivity index (χ2v) is 6.92. The number of ether oxygens (including phenoxy) is 1. The van der Waals surface area contributed by atoms with Crippen molar-refractivity contribution in [2.45, 2.75) is 13.8 Å². The zero-order valence-corrected chi connectivity index (χ0v) is 17.1. The van der Waals surface area contributed by atoms with E-state index in [0.717, 1.165) is 16.8 Å². The van der Waals surface area contributed by atoms with Crippen LogP contribution in [0.5, 0.6) is 5.75 Å². The lowest BCUT2D eigenvalue weighted by Crippen LogP contribution is -2.20. The summed E-state index contributed by atoms with van der Waals surface area (Å²) in [5.41, 5.74) is 4.41. The molecule has 2 amide bonds. The van der Waals surface area contributed by atoms with Crippen molar-refractivity contribution >= 4 is 40.4 Å². The highest BCUT2D eigenvalue weighted by molar-refractivity contribution is 6.31. The average Bonchev–Trinajstić information content (AvgIpc) is 2.69. The molecule has 0 fully saturated rings. The molecule has 2 N–H and O–H groups in total. The fraction of sp³-hybridized carbons (Fsp3) is 0.136. The third-order valence-electron chi connectivity index (χ3n) is 4.12. The predicted molar refractivity (Wildman–Crippen MR) is 117 cm³/mol. The molecule has 0 unspecified atom stereocenters. The van der Waals surface area contributed by atoms with Crippen LogP contribution in [0, 0.1) is 13.8 Å². The number of nitrogens with one attached hydrogen (secondary N) is 2. The van der Waals surface area contributed by atoms with Gasteiger partial charge in [0.1, 0.15) is 11.4 Å². The highest BCUT2D eigenvalue weighted by atomic mass is 35.5. The Hall–Kier alpha value is -3.38. The maximum Gasteiger partial charge on any atom is 0.323 e. The van der Waals surface area contributed by atoms with Gasteiger partial charge < -0.3 is 15.4 Å². The van der Waals surface area contributed by atoms with E-state index in [-0.39, 0.29) is 0 Å². The fourth-order valence-corrected chi connectivity index (χ4v) is 2.79. The number of halogens is 1. The van der Waals surface area contributed by atoms with Gasteiger partial charge in [0, 0.05) is 5.02 Å². The summed E-state index contributed by atoms with van der Waals surface area (Å²) in [6.45, 7) is 3.94. The van der Waals surface area contributed by atoms with Gasteiger partial charge in [-0.15, -0.1) is 5.11 Å². The van der Waals surface area contributed by atoms with Gasteiger partial charge in [0.05, 0.1) is 24.2 Å². The number of hydrogen-bond acceptors (Lipinski definition) is 4. The minimum Gasteiger partial charge on any atom is -0.495 e. The van der Waals surface area contributed by atoms with Gasteiger partial charge in [0.25, 0.3) is 0 Å². The van der Waals surface area contributed by atoms with Crippen LogP contribution in [-0.4, -0.2) is 13.1 Å². The van der Waals surface area contributed by atoms with Gasteiger partial charge in [-0.3, -0.25) is 0 Å². The number of rotatable bonds is 5. The molecule has 0 aliphatic rings. The number of carbonyl (C=O) groups excluding carboxylic acids is 1. The summed E-state index contributed by atoms with van der Waals surface area (Å²) in [5.74, 6) is 0.507. The Morgan fingerprint density at radius 1 is 0.862 bits per heavy atom. The lowest BCUT2D eigenvalue weighted by molar-refractivity contribution is 0.262. The smallest absolute Gasteiger partial charge is 0.323 e. The van der Waals surface area contributed by atoms with Gasteiger partial charge in [-0.05, 0) is 61.9 Å². The molecule has 7 heteroatoms. The first kappa shape index (κ1) is 20.4. The number of aryl methyl sites for hydroxylation is 2. The minimum absolute atomic E-state index is 0.442. The summed E-state index contributed by atoms with van der Waals surface area (Å²) in [5, 5.41) is 14.6. The number of carbonyl (C=O) groups is 1. The number of hydrogen-bond donors (Lipinski definition) is 2. The molecule has 3 rings (SSSR count). The summed E-state index contributed by atoms with van der Waals surface area (Å²) in [6.07, 6.45) is 0. The van der Waals surface area contributed by atoms with Crippen LogP contribution in [0.3, 0.4) is 0 Å². The Morgan fingerprint density at radius 2 is 1.55 bits per heavy atom. The van der Waals surface area contributed by atoms with Crippen molar-refractivity contribution in [1.82, 2.24) is 0 Å². The second-order valence-electron chi connectivity index (χ2n) is 6.48. The molecule has 0 atom stereocenters. The van der Waals surface area contributed by atoms with Gasteiger partial charge in [-0.25, -0.2) is 4.79 Å². The molecule has 29 heavy (non-hydrogen) atoms. The summed E-state index contributed by atoms with van der Waals surface area (Å²) in [7, 11) is 1.52. The number of methoxy groups -OCH3 is 1. The Morgan fingerprint density at radius 3 is 2.28 bits per heavy atom. The average molecular weight is 409 g/mol. The SMILES string of the molecule is COc1ccc(Cl)cc1NC(=O)Nc1cc(C)ccc1/N=N/c1ccc(C)cc1. The van der Waals surface area contributed by atoms with Crippen LogP contribution in [0.1, 0.15) is 11.1 Å². The van der Waals surface area contributed by atoms with E-state index in [2.05, 4.69) is 20.9 Å². The molecule has 0 heterocycles. The normalized spacial score (nSPS) is 10.8. The molecule has 3 aromatic carbocycles. The molecule has 6 nitrogen and oxygen atoms in total. The van der Waals surface area contributed by atoms with Gasteiger partial charge in [-0.2, -0.15) is 5.11 Å². The second kappa shape index (κ2) is 9.21. The molecular formula is C22H21ClN4O2. The molecule has 0 saturated carbocycles. The molecule has 0 aromatic heterocycles. The number of urea groups is 1. The molecule has 0 bridgehead atoms. The Bertz CT molecular complexity index is 1050. The highest BCUT2D eigenvalue weighted by Crippen LogP contribution is 2.30. The molecule has 0 spiro atoms. The third-order valence-corrected chi connectivity index (χ3v) is 4.35. The Balaban J connectivity index is 1.80. The molecule has 148 valence electrons. The standard InChI is InChI=1S/C22H21ClN4O2/c1-14-4-8-17(9-5-14)26-27-18-10-6-15(2)12-19(18)24-22(28)25-20-13-16(23)7-11-21(20)29-3/h4-13H,1-3H3,(H2,24,25,28)/b27-26+. The largest absolute Gasteiger partial charge is 0.495 e. The van der Waals surface area contributed by atoms with Crippen molar-refractivity contribution in [2.75, 3.05) is 17.7 Å². The zero-order chi connectivity index (χ0) is 20.8. The Kier molecular flexibility index (Phi) is 6.46. The first-order chi connectivity index (χ1) is 13.9. The van der Waals surface area contributed by atoms with Crippen LogP contribution in [-0.2, 0) is 0 Å². The van der Waals surface area contributed by atoms with Crippen LogP contribution in [0.15, 0.2) is 70.9 Å². The van der Waals surface area contributed by atoms with Gasteiger partial charge in [0.2, 0.25) is 0 Å². The first-order valence-electron chi connectivity index (χ1n) is 8.95. The number of benzene rings is 3. The third kappa shape index (κ3) is 5.56. The van der Waals surface area contributed by atoms with Crippen LogP contribution in [0.4, 0.5) is 27.5 Å². The number of anilines is 2. The predicted octanol–water partition coefficient (Wildman–Crippen LogP) is 7.02. The van der Waals surface area contributed by atoms with E-state index in [1.165, 1.54) is 7.11 Å². The molecular weight excluding hydrogens is 388 g/mol. The highest BCUT2D eigenvalue weighted by Gasteiger charge is 2.11. The number of amides is 2. The van der Waals surface area contributed by atoms with Crippen LogP contribution in [0.2, 0.25) is 5.02 Å². The van der Waals surface area contributed by atoms with E-state index in [4.69, 9.17) is 16.3 Å². The van der Waals surface area contributed by atoms with Crippen LogP contribution in [0.25, 0.3) is 0 Å². The Labute approximate surface area is 174 Å². The summed E-state index contributed by atoms with van der Waals surface area (Å²) in [4.78, 5) is 12.5. The van der Waals surface area contributed by atoms with Gasteiger partial charge >= 0.3 is 6.03 Å². The quantitative estimate of drug-likeness (QED) is 0.445. The van der Waals surface area contributed by atoms with E-state index in [0.29, 0.717) is 27.8 Å². The maximum atomic E-state index is 12.5. The topological polar surface area (TPSA) is 75.1 Å². The summed E-state index contributed by atoms with van der Waals surface area (Å²) >= 11 is 6.02. The van der Waals surface area contributed by atoms with E-state index in [1.54, 1.807) is 18.2 Å². The molecule has 0 saturated heterocycles. The lowest BCUT2D eigenvalue weighted by Gasteiger charge is -2.13. The van der Waals surface area contributed by atoms with E-state index in [1.807, 2.05) is 56.3 Å². The summed E-state index contributed by atoms with van der Waals surface area (Å²) < 4.78 is 5.26.